The highest BCUT2D eigenvalue weighted by Gasteiger charge is 2.36. The van der Waals surface area contributed by atoms with E-state index in [1.807, 2.05) is 13.8 Å². The van der Waals surface area contributed by atoms with Crippen molar-refractivity contribution in [2.75, 3.05) is 20.3 Å². The number of esters is 1. The standard InChI is InChI=1S/C13H25NO3/c1-10(2)17-9-5-4-8-14-12(11-6-7-11)13(15)16-3/h10-12,14H,4-9H2,1-3H3. The first-order valence-corrected chi connectivity index (χ1v) is 6.58. The lowest BCUT2D eigenvalue weighted by atomic mass is 10.2. The zero-order valence-corrected chi connectivity index (χ0v) is 11.2. The van der Waals surface area contributed by atoms with Crippen LogP contribution in [0.2, 0.25) is 0 Å². The van der Waals surface area contributed by atoms with E-state index in [1.165, 1.54) is 7.11 Å². The fourth-order valence-electron chi connectivity index (χ4n) is 1.80. The Morgan fingerprint density at radius 1 is 1.35 bits per heavy atom. The summed E-state index contributed by atoms with van der Waals surface area (Å²) in [4.78, 5) is 11.5. The molecule has 0 saturated heterocycles. The second-order valence-electron chi connectivity index (χ2n) is 4.92. The van der Waals surface area contributed by atoms with Crippen LogP contribution in [0.5, 0.6) is 0 Å². The van der Waals surface area contributed by atoms with Gasteiger partial charge in [-0.05, 0) is 52.0 Å². The largest absolute Gasteiger partial charge is 0.468 e. The number of carbonyl (C=O) groups is 1. The van der Waals surface area contributed by atoms with E-state index in [4.69, 9.17) is 9.47 Å². The van der Waals surface area contributed by atoms with Gasteiger partial charge in [-0.2, -0.15) is 0 Å². The second-order valence-corrected chi connectivity index (χ2v) is 4.92. The van der Waals surface area contributed by atoms with Crippen molar-refractivity contribution in [3.8, 4) is 0 Å². The summed E-state index contributed by atoms with van der Waals surface area (Å²) in [6, 6.07) is -0.0917. The van der Waals surface area contributed by atoms with E-state index < -0.39 is 0 Å². The summed E-state index contributed by atoms with van der Waals surface area (Å²) in [5.41, 5.74) is 0. The van der Waals surface area contributed by atoms with Gasteiger partial charge in [-0.1, -0.05) is 0 Å². The third-order valence-corrected chi connectivity index (χ3v) is 2.94. The maximum atomic E-state index is 11.5. The van der Waals surface area contributed by atoms with Crippen molar-refractivity contribution in [2.45, 2.75) is 51.7 Å². The van der Waals surface area contributed by atoms with Crippen LogP contribution in [0.4, 0.5) is 0 Å². The van der Waals surface area contributed by atoms with Gasteiger partial charge in [0, 0.05) is 6.61 Å². The Bertz CT molecular complexity index is 227. The molecule has 0 amide bonds. The lowest BCUT2D eigenvalue weighted by Crippen LogP contribution is -2.40. The summed E-state index contributed by atoms with van der Waals surface area (Å²) >= 11 is 0. The lowest BCUT2D eigenvalue weighted by Gasteiger charge is -2.15. The maximum Gasteiger partial charge on any atom is 0.323 e. The van der Waals surface area contributed by atoms with E-state index in [9.17, 15) is 4.79 Å². The Labute approximate surface area is 104 Å². The molecule has 0 aliphatic heterocycles. The zero-order chi connectivity index (χ0) is 12.7. The summed E-state index contributed by atoms with van der Waals surface area (Å²) in [7, 11) is 1.45. The summed E-state index contributed by atoms with van der Waals surface area (Å²) in [5, 5.41) is 3.29. The average molecular weight is 243 g/mol. The van der Waals surface area contributed by atoms with Gasteiger partial charge in [-0.3, -0.25) is 4.79 Å². The van der Waals surface area contributed by atoms with Crippen molar-refractivity contribution < 1.29 is 14.3 Å². The molecule has 1 rings (SSSR count). The molecule has 0 aromatic heterocycles. The number of carbonyl (C=O) groups excluding carboxylic acids is 1. The van der Waals surface area contributed by atoms with Gasteiger partial charge in [0.25, 0.3) is 0 Å². The van der Waals surface area contributed by atoms with Crippen molar-refractivity contribution >= 4 is 5.97 Å². The summed E-state index contributed by atoms with van der Waals surface area (Å²) in [6.07, 6.45) is 4.65. The van der Waals surface area contributed by atoms with E-state index in [2.05, 4.69) is 5.32 Å². The Kier molecular flexibility index (Phi) is 6.52. The van der Waals surface area contributed by atoms with E-state index in [1.54, 1.807) is 0 Å². The molecule has 4 heteroatoms. The minimum atomic E-state index is -0.120. The summed E-state index contributed by atoms with van der Waals surface area (Å²) < 4.78 is 10.3. The number of hydrogen-bond donors (Lipinski definition) is 1. The summed E-state index contributed by atoms with van der Waals surface area (Å²) in [5.74, 6) is 0.375. The van der Waals surface area contributed by atoms with Gasteiger partial charge in [0.05, 0.1) is 13.2 Å². The van der Waals surface area contributed by atoms with Crippen LogP contribution in [-0.2, 0) is 14.3 Å². The van der Waals surface area contributed by atoms with Crippen molar-refractivity contribution in [2.24, 2.45) is 5.92 Å². The average Bonchev–Trinajstić information content (AvgIpc) is 3.11. The smallest absolute Gasteiger partial charge is 0.323 e. The number of hydrogen-bond acceptors (Lipinski definition) is 4. The molecule has 0 bridgehead atoms. The zero-order valence-electron chi connectivity index (χ0n) is 11.2. The predicted molar refractivity (Wildman–Crippen MR) is 66.9 cm³/mol. The molecule has 1 unspecified atom stereocenters. The molecule has 0 radical (unpaired) electrons. The van der Waals surface area contributed by atoms with Crippen LogP contribution < -0.4 is 5.32 Å². The first-order valence-electron chi connectivity index (χ1n) is 6.58. The van der Waals surface area contributed by atoms with Gasteiger partial charge in [0.1, 0.15) is 6.04 Å². The molecule has 1 aliphatic rings. The molecule has 4 nitrogen and oxygen atoms in total. The highest BCUT2D eigenvalue weighted by molar-refractivity contribution is 5.76. The fraction of sp³-hybridized carbons (Fsp3) is 0.923. The number of unbranched alkanes of at least 4 members (excludes halogenated alkanes) is 1. The minimum Gasteiger partial charge on any atom is -0.468 e. The lowest BCUT2D eigenvalue weighted by molar-refractivity contribution is -0.143. The van der Waals surface area contributed by atoms with Gasteiger partial charge in [0.2, 0.25) is 0 Å². The van der Waals surface area contributed by atoms with Crippen molar-refractivity contribution in [3.05, 3.63) is 0 Å². The first-order chi connectivity index (χ1) is 8.15. The van der Waals surface area contributed by atoms with E-state index in [-0.39, 0.29) is 12.0 Å². The van der Waals surface area contributed by atoms with Crippen molar-refractivity contribution in [3.63, 3.8) is 0 Å². The fourth-order valence-corrected chi connectivity index (χ4v) is 1.80. The third kappa shape index (κ3) is 6.03. The highest BCUT2D eigenvalue weighted by Crippen LogP contribution is 2.33. The quantitative estimate of drug-likeness (QED) is 0.495. The van der Waals surface area contributed by atoms with Crippen LogP contribution in [0.25, 0.3) is 0 Å². The molecule has 1 atom stereocenters. The molecule has 1 saturated carbocycles. The van der Waals surface area contributed by atoms with Crippen LogP contribution in [0.3, 0.4) is 0 Å². The molecule has 1 N–H and O–H groups in total. The Balaban J connectivity index is 2.05. The van der Waals surface area contributed by atoms with Crippen LogP contribution in [0, 0.1) is 5.92 Å². The van der Waals surface area contributed by atoms with Crippen LogP contribution in [0.1, 0.15) is 39.5 Å². The minimum absolute atomic E-state index is 0.0917. The third-order valence-electron chi connectivity index (χ3n) is 2.94. The molecule has 0 spiro atoms. The van der Waals surface area contributed by atoms with Gasteiger partial charge in [0.15, 0.2) is 0 Å². The first kappa shape index (κ1) is 14.5. The van der Waals surface area contributed by atoms with E-state index in [0.717, 1.165) is 38.8 Å². The monoisotopic (exact) mass is 243 g/mol. The Morgan fingerprint density at radius 3 is 2.59 bits per heavy atom. The van der Waals surface area contributed by atoms with Crippen molar-refractivity contribution in [1.29, 1.82) is 0 Å². The van der Waals surface area contributed by atoms with Gasteiger partial charge >= 0.3 is 5.97 Å². The van der Waals surface area contributed by atoms with Gasteiger partial charge < -0.3 is 14.8 Å². The molecule has 1 aliphatic carbocycles. The maximum absolute atomic E-state index is 11.5. The molecular weight excluding hydrogens is 218 g/mol. The van der Waals surface area contributed by atoms with Crippen molar-refractivity contribution in [1.82, 2.24) is 5.32 Å². The topological polar surface area (TPSA) is 47.6 Å². The van der Waals surface area contributed by atoms with Crippen LogP contribution in [0.15, 0.2) is 0 Å². The number of ether oxygens (including phenoxy) is 2. The molecule has 0 aromatic carbocycles. The van der Waals surface area contributed by atoms with Crippen LogP contribution in [-0.4, -0.2) is 38.4 Å². The van der Waals surface area contributed by atoms with E-state index in [0.29, 0.717) is 12.0 Å². The molecule has 17 heavy (non-hydrogen) atoms. The second kappa shape index (κ2) is 7.67. The Hall–Kier alpha value is -0.610. The van der Waals surface area contributed by atoms with E-state index >= 15 is 0 Å². The predicted octanol–water partition coefficient (Wildman–Crippen LogP) is 1.73. The molecule has 1 fully saturated rings. The number of nitrogens with one attached hydrogen (secondary N) is 1. The highest BCUT2D eigenvalue weighted by atomic mass is 16.5. The number of methoxy groups -OCH3 is 1. The normalized spacial score (nSPS) is 17.2. The number of rotatable bonds is 9. The molecular formula is C13H25NO3. The SMILES string of the molecule is COC(=O)C(NCCCCOC(C)C)C1CC1. The molecule has 100 valence electrons. The van der Waals surface area contributed by atoms with Crippen LogP contribution >= 0.6 is 0 Å². The molecule has 0 heterocycles. The van der Waals surface area contributed by atoms with Gasteiger partial charge in [-0.25, -0.2) is 0 Å². The van der Waals surface area contributed by atoms with Gasteiger partial charge in [-0.15, -0.1) is 0 Å². The molecule has 0 aromatic rings. The Morgan fingerprint density at radius 2 is 2.06 bits per heavy atom. The summed E-state index contributed by atoms with van der Waals surface area (Å²) in [6.45, 7) is 5.74.